The summed E-state index contributed by atoms with van der Waals surface area (Å²) in [5.74, 6) is 0.0678. The van der Waals surface area contributed by atoms with Crippen molar-refractivity contribution in [1.82, 2.24) is 4.72 Å². The van der Waals surface area contributed by atoms with Gasteiger partial charge >= 0.3 is 0 Å². The molecule has 0 aromatic heterocycles. The summed E-state index contributed by atoms with van der Waals surface area (Å²) in [5, 5.41) is 14.4. The van der Waals surface area contributed by atoms with Gasteiger partial charge in [0.25, 0.3) is 5.69 Å². The fraction of sp³-hybridized carbons (Fsp3) is 0.250. The van der Waals surface area contributed by atoms with Gasteiger partial charge in [-0.15, -0.1) is 0 Å². The number of nitrogens with one attached hydrogen (secondary N) is 2. The van der Waals surface area contributed by atoms with Gasteiger partial charge in [0.05, 0.1) is 22.5 Å². The Labute approximate surface area is 149 Å². The van der Waals surface area contributed by atoms with E-state index in [1.54, 1.807) is 0 Å². The largest absolute Gasteiger partial charge is 0.493 e. The Hall–Kier alpha value is -2.72. The van der Waals surface area contributed by atoms with Crippen LogP contribution in [0.25, 0.3) is 0 Å². The van der Waals surface area contributed by atoms with Crippen LogP contribution in [0, 0.1) is 15.9 Å². The second kappa shape index (κ2) is 6.89. The van der Waals surface area contributed by atoms with Crippen molar-refractivity contribution in [1.29, 1.82) is 0 Å². The molecule has 1 atom stereocenters. The highest BCUT2D eigenvalue weighted by molar-refractivity contribution is 7.89. The van der Waals surface area contributed by atoms with Gasteiger partial charge in [-0.05, 0) is 37.4 Å². The van der Waals surface area contributed by atoms with Gasteiger partial charge in [0.1, 0.15) is 17.3 Å². The maximum atomic E-state index is 13.6. The Balaban J connectivity index is 1.99. The summed E-state index contributed by atoms with van der Waals surface area (Å²) in [4.78, 5) is 10.5. The van der Waals surface area contributed by atoms with E-state index in [1.807, 2.05) is 0 Å². The van der Waals surface area contributed by atoms with E-state index in [1.165, 1.54) is 37.4 Å². The van der Waals surface area contributed by atoms with Crippen molar-refractivity contribution < 1.29 is 22.5 Å². The van der Waals surface area contributed by atoms with Crippen molar-refractivity contribution in [3.8, 4) is 5.75 Å². The van der Waals surface area contributed by atoms with E-state index in [0.29, 0.717) is 24.3 Å². The fourth-order valence-corrected chi connectivity index (χ4v) is 3.52. The van der Waals surface area contributed by atoms with Gasteiger partial charge in [0.15, 0.2) is 0 Å². The molecule has 26 heavy (non-hydrogen) atoms. The second-order valence-electron chi connectivity index (χ2n) is 5.66. The number of halogens is 1. The smallest absolute Gasteiger partial charge is 0.293 e. The Bertz CT molecular complexity index is 964. The standard InChI is InChI=1S/C16H16FN3O5S/c1-18-26(23,24)11-3-4-14(15(9-11)20(21)22)19-13-6-7-25-16-5-2-10(17)8-12(13)16/h2-5,8-9,13,18-19H,6-7H2,1H3. The van der Waals surface area contributed by atoms with E-state index < -0.39 is 26.8 Å². The van der Waals surface area contributed by atoms with E-state index in [-0.39, 0.29) is 16.3 Å². The van der Waals surface area contributed by atoms with Crippen molar-refractivity contribution in [3.05, 3.63) is 57.9 Å². The Morgan fingerprint density at radius 1 is 1.27 bits per heavy atom. The third-order valence-electron chi connectivity index (χ3n) is 4.09. The number of anilines is 1. The van der Waals surface area contributed by atoms with Crippen LogP contribution in [0.15, 0.2) is 41.3 Å². The van der Waals surface area contributed by atoms with Crippen LogP contribution in [0.1, 0.15) is 18.0 Å². The maximum Gasteiger partial charge on any atom is 0.293 e. The molecule has 1 unspecified atom stereocenters. The molecule has 0 fully saturated rings. The van der Waals surface area contributed by atoms with Crippen LogP contribution in [0.5, 0.6) is 5.75 Å². The van der Waals surface area contributed by atoms with E-state index in [4.69, 9.17) is 4.74 Å². The molecule has 0 saturated carbocycles. The van der Waals surface area contributed by atoms with Crippen molar-refractivity contribution >= 4 is 21.4 Å². The molecule has 0 radical (unpaired) electrons. The summed E-state index contributed by atoms with van der Waals surface area (Å²) >= 11 is 0. The van der Waals surface area contributed by atoms with Gasteiger partial charge in [-0.3, -0.25) is 10.1 Å². The van der Waals surface area contributed by atoms with Crippen LogP contribution in [0.4, 0.5) is 15.8 Å². The molecule has 0 amide bonds. The number of nitro groups is 1. The first kappa shape index (κ1) is 18.1. The van der Waals surface area contributed by atoms with Gasteiger partial charge in [-0.1, -0.05) is 0 Å². The van der Waals surface area contributed by atoms with Crippen LogP contribution >= 0.6 is 0 Å². The summed E-state index contributed by atoms with van der Waals surface area (Å²) < 4.78 is 44.9. The number of fused-ring (bicyclic) bond motifs is 1. The molecule has 0 bridgehead atoms. The number of rotatable bonds is 5. The molecular weight excluding hydrogens is 365 g/mol. The molecule has 8 nitrogen and oxygen atoms in total. The monoisotopic (exact) mass is 381 g/mol. The summed E-state index contributed by atoms with van der Waals surface area (Å²) in [7, 11) is -2.59. The van der Waals surface area contributed by atoms with Gasteiger partial charge in [-0.2, -0.15) is 0 Å². The Kier molecular flexibility index (Phi) is 4.79. The molecule has 2 aromatic rings. The molecule has 1 aliphatic heterocycles. The minimum Gasteiger partial charge on any atom is -0.493 e. The SMILES string of the molecule is CNS(=O)(=O)c1ccc(NC2CCOc3ccc(F)cc32)c([N+](=O)[O-])c1. The lowest BCUT2D eigenvalue weighted by molar-refractivity contribution is -0.384. The number of nitrogens with zero attached hydrogens (tertiary/aromatic N) is 1. The van der Waals surface area contributed by atoms with Crippen LogP contribution in [0.2, 0.25) is 0 Å². The van der Waals surface area contributed by atoms with Crippen LogP contribution in [0.3, 0.4) is 0 Å². The molecular formula is C16H16FN3O5S. The van der Waals surface area contributed by atoms with Gasteiger partial charge in [0, 0.05) is 18.1 Å². The molecule has 0 saturated heterocycles. The van der Waals surface area contributed by atoms with E-state index >= 15 is 0 Å². The van der Waals surface area contributed by atoms with Gasteiger partial charge in [-0.25, -0.2) is 17.5 Å². The fourth-order valence-electron chi connectivity index (χ4n) is 2.77. The van der Waals surface area contributed by atoms with Crippen molar-refractivity contribution in [2.24, 2.45) is 0 Å². The summed E-state index contributed by atoms with van der Waals surface area (Å²) in [6.45, 7) is 0.371. The zero-order valence-corrected chi connectivity index (χ0v) is 14.5. The lowest BCUT2D eigenvalue weighted by Crippen LogP contribution is -2.21. The predicted octanol–water partition coefficient (Wildman–Crippen LogP) is 2.58. The number of sulfonamides is 1. The average molecular weight is 381 g/mol. The third-order valence-corrected chi connectivity index (χ3v) is 5.50. The first-order valence-corrected chi connectivity index (χ1v) is 9.21. The van der Waals surface area contributed by atoms with E-state index in [2.05, 4.69) is 10.0 Å². The second-order valence-corrected chi connectivity index (χ2v) is 7.55. The van der Waals surface area contributed by atoms with Crippen LogP contribution < -0.4 is 14.8 Å². The normalized spacial score (nSPS) is 16.5. The van der Waals surface area contributed by atoms with Gasteiger partial charge in [0.2, 0.25) is 10.0 Å². The van der Waals surface area contributed by atoms with Gasteiger partial charge < -0.3 is 10.1 Å². The average Bonchev–Trinajstić information content (AvgIpc) is 2.62. The van der Waals surface area contributed by atoms with Crippen molar-refractivity contribution in [2.75, 3.05) is 19.0 Å². The number of hydrogen-bond donors (Lipinski definition) is 2. The summed E-state index contributed by atoms with van der Waals surface area (Å²) in [5.41, 5.74) is 0.315. The first-order chi connectivity index (χ1) is 12.3. The zero-order chi connectivity index (χ0) is 18.9. The number of ether oxygens (including phenoxy) is 1. The number of nitro benzene ring substituents is 1. The molecule has 1 aliphatic rings. The highest BCUT2D eigenvalue weighted by Gasteiger charge is 2.26. The topological polar surface area (TPSA) is 111 Å². The maximum absolute atomic E-state index is 13.6. The Morgan fingerprint density at radius 3 is 2.73 bits per heavy atom. The summed E-state index contributed by atoms with van der Waals surface area (Å²) in [6, 6.07) is 7.29. The van der Waals surface area contributed by atoms with Crippen molar-refractivity contribution in [2.45, 2.75) is 17.4 Å². The number of hydrogen-bond acceptors (Lipinski definition) is 6. The molecule has 10 heteroatoms. The molecule has 0 aliphatic carbocycles. The quantitative estimate of drug-likeness (QED) is 0.608. The third kappa shape index (κ3) is 3.46. The molecule has 3 rings (SSSR count). The van der Waals surface area contributed by atoms with Crippen LogP contribution in [-0.4, -0.2) is 27.0 Å². The van der Waals surface area contributed by atoms with E-state index in [0.717, 1.165) is 6.07 Å². The number of benzene rings is 2. The van der Waals surface area contributed by atoms with Crippen molar-refractivity contribution in [3.63, 3.8) is 0 Å². The highest BCUT2D eigenvalue weighted by atomic mass is 32.2. The lowest BCUT2D eigenvalue weighted by atomic mass is 10.00. The van der Waals surface area contributed by atoms with E-state index in [9.17, 15) is 22.9 Å². The minimum absolute atomic E-state index is 0.146. The Morgan fingerprint density at radius 2 is 2.04 bits per heavy atom. The summed E-state index contributed by atoms with van der Waals surface area (Å²) in [6.07, 6.45) is 0.476. The molecule has 1 heterocycles. The molecule has 2 N–H and O–H groups in total. The zero-order valence-electron chi connectivity index (χ0n) is 13.7. The predicted molar refractivity (Wildman–Crippen MR) is 92.2 cm³/mol. The molecule has 138 valence electrons. The highest BCUT2D eigenvalue weighted by Crippen LogP contribution is 2.37. The lowest BCUT2D eigenvalue weighted by Gasteiger charge is -2.27. The van der Waals surface area contributed by atoms with Crippen LogP contribution in [-0.2, 0) is 10.0 Å². The molecule has 0 spiro atoms. The minimum atomic E-state index is -3.81. The molecule has 2 aromatic carbocycles. The first-order valence-electron chi connectivity index (χ1n) is 7.72.